The van der Waals surface area contributed by atoms with Gasteiger partial charge in [-0.2, -0.15) is 0 Å². The fourth-order valence-corrected chi connectivity index (χ4v) is 3.34. The molecule has 2 aromatic heterocycles. The number of hydrogen-bond acceptors (Lipinski definition) is 4. The topological polar surface area (TPSA) is 37.2 Å². The van der Waals surface area contributed by atoms with Crippen molar-refractivity contribution < 1.29 is 4.39 Å². The molecule has 0 unspecified atom stereocenters. The van der Waals surface area contributed by atoms with Crippen molar-refractivity contribution in [2.24, 2.45) is 7.05 Å². The Kier molecular flexibility index (Phi) is 3.80. The summed E-state index contributed by atoms with van der Waals surface area (Å²) in [4.78, 5) is 13.5. The first-order valence-electron chi connectivity index (χ1n) is 8.26. The number of halogens is 1. The second kappa shape index (κ2) is 6.11. The molecule has 5 nitrogen and oxygen atoms in total. The minimum Gasteiger partial charge on any atom is -0.355 e. The van der Waals surface area contributed by atoms with Gasteiger partial charge in [-0.15, -0.1) is 0 Å². The lowest BCUT2D eigenvalue weighted by Gasteiger charge is -2.23. The molecule has 3 aromatic rings. The lowest BCUT2D eigenvalue weighted by molar-refractivity contribution is 0.637. The summed E-state index contributed by atoms with van der Waals surface area (Å²) < 4.78 is 16.0. The van der Waals surface area contributed by atoms with Gasteiger partial charge in [0.1, 0.15) is 11.3 Å². The number of aromatic nitrogens is 3. The Labute approximate surface area is 140 Å². The first kappa shape index (κ1) is 14.9. The summed E-state index contributed by atoms with van der Waals surface area (Å²) in [5.74, 6) is 1.58. The van der Waals surface area contributed by atoms with E-state index >= 15 is 0 Å². The Morgan fingerprint density at radius 1 is 0.958 bits per heavy atom. The minimum absolute atomic E-state index is 0.265. The molecule has 1 saturated heterocycles. The average molecular weight is 325 g/mol. The average Bonchev–Trinajstić information content (AvgIpc) is 2.81. The number of hydrogen-bond donors (Lipinski definition) is 0. The molecule has 0 N–H and O–H groups in total. The summed E-state index contributed by atoms with van der Waals surface area (Å²) in [6.45, 7) is 3.59. The number of fused-ring (bicyclic) bond motifs is 1. The number of imidazole rings is 1. The zero-order valence-electron chi connectivity index (χ0n) is 13.7. The zero-order valence-corrected chi connectivity index (χ0v) is 13.7. The molecule has 1 aliphatic heterocycles. The number of benzene rings is 1. The predicted octanol–water partition coefficient (Wildman–Crippen LogP) is 2.82. The summed E-state index contributed by atoms with van der Waals surface area (Å²) in [7, 11) is 1.95. The van der Waals surface area contributed by atoms with Crippen LogP contribution in [0.4, 0.5) is 16.2 Å². The molecule has 3 heterocycles. The highest BCUT2D eigenvalue weighted by Gasteiger charge is 2.21. The van der Waals surface area contributed by atoms with Gasteiger partial charge >= 0.3 is 0 Å². The third-order valence-electron chi connectivity index (χ3n) is 4.59. The zero-order chi connectivity index (χ0) is 16.5. The van der Waals surface area contributed by atoms with Crippen LogP contribution < -0.4 is 9.80 Å². The van der Waals surface area contributed by atoms with Crippen LogP contribution in [-0.4, -0.2) is 40.7 Å². The van der Waals surface area contributed by atoms with Crippen LogP contribution >= 0.6 is 0 Å². The van der Waals surface area contributed by atoms with E-state index in [1.807, 2.05) is 42.1 Å². The molecule has 0 saturated carbocycles. The molecule has 124 valence electrons. The first-order valence-corrected chi connectivity index (χ1v) is 8.26. The van der Waals surface area contributed by atoms with Crippen LogP contribution in [0.1, 0.15) is 6.42 Å². The maximum absolute atomic E-state index is 14.0. The molecule has 0 bridgehead atoms. The number of aryl methyl sites for hydroxylation is 1. The van der Waals surface area contributed by atoms with Crippen molar-refractivity contribution in [2.75, 3.05) is 36.0 Å². The van der Waals surface area contributed by atoms with Crippen LogP contribution in [0.2, 0.25) is 0 Å². The number of rotatable bonds is 2. The van der Waals surface area contributed by atoms with Crippen molar-refractivity contribution in [2.45, 2.75) is 6.42 Å². The molecule has 1 aromatic carbocycles. The third kappa shape index (κ3) is 2.58. The standard InChI is InChI=1S/C18H20FN5/c1-22-15-7-4-6-14(19)17(15)21-18(22)24-11-5-10-23(12-13-24)16-8-2-3-9-20-16/h2-4,6-9H,5,10-13H2,1H3. The molecule has 0 radical (unpaired) electrons. The van der Waals surface area contributed by atoms with Gasteiger partial charge in [0.15, 0.2) is 5.82 Å². The van der Waals surface area contributed by atoms with E-state index in [4.69, 9.17) is 0 Å². The van der Waals surface area contributed by atoms with Crippen LogP contribution in [0.15, 0.2) is 42.6 Å². The number of para-hydroxylation sites is 1. The molecule has 1 fully saturated rings. The van der Waals surface area contributed by atoms with Crippen LogP contribution in [0.25, 0.3) is 11.0 Å². The smallest absolute Gasteiger partial charge is 0.206 e. The Hall–Kier alpha value is -2.63. The first-order chi connectivity index (χ1) is 11.7. The molecule has 1 aliphatic rings. The van der Waals surface area contributed by atoms with E-state index in [-0.39, 0.29) is 5.82 Å². The van der Waals surface area contributed by atoms with Crippen molar-refractivity contribution >= 4 is 22.8 Å². The molecular formula is C18H20FN5. The van der Waals surface area contributed by atoms with Crippen LogP contribution in [-0.2, 0) is 7.05 Å². The fraction of sp³-hybridized carbons (Fsp3) is 0.333. The van der Waals surface area contributed by atoms with E-state index in [2.05, 4.69) is 19.8 Å². The molecule has 0 aliphatic carbocycles. The fourth-order valence-electron chi connectivity index (χ4n) is 3.34. The van der Waals surface area contributed by atoms with Gasteiger partial charge in [-0.1, -0.05) is 12.1 Å². The molecule has 24 heavy (non-hydrogen) atoms. The van der Waals surface area contributed by atoms with Gasteiger partial charge < -0.3 is 14.4 Å². The van der Waals surface area contributed by atoms with Gasteiger partial charge in [-0.05, 0) is 30.7 Å². The highest BCUT2D eigenvalue weighted by molar-refractivity contribution is 5.79. The molecule has 0 amide bonds. The van der Waals surface area contributed by atoms with Crippen LogP contribution in [0.5, 0.6) is 0 Å². The summed E-state index contributed by atoms with van der Waals surface area (Å²) >= 11 is 0. The van der Waals surface area contributed by atoms with Crippen molar-refractivity contribution in [3.8, 4) is 0 Å². The molecular weight excluding hydrogens is 305 g/mol. The van der Waals surface area contributed by atoms with E-state index in [1.165, 1.54) is 6.07 Å². The van der Waals surface area contributed by atoms with Gasteiger partial charge in [0, 0.05) is 39.4 Å². The maximum Gasteiger partial charge on any atom is 0.206 e. The van der Waals surface area contributed by atoms with Crippen molar-refractivity contribution in [1.29, 1.82) is 0 Å². The summed E-state index contributed by atoms with van der Waals surface area (Å²) in [5, 5.41) is 0. The monoisotopic (exact) mass is 325 g/mol. The highest BCUT2D eigenvalue weighted by atomic mass is 19.1. The van der Waals surface area contributed by atoms with E-state index in [9.17, 15) is 4.39 Å². The van der Waals surface area contributed by atoms with Crippen LogP contribution in [0, 0.1) is 5.82 Å². The Balaban J connectivity index is 1.60. The Morgan fingerprint density at radius 2 is 1.79 bits per heavy atom. The number of nitrogens with zero attached hydrogens (tertiary/aromatic N) is 5. The lowest BCUT2D eigenvalue weighted by Crippen LogP contribution is -2.32. The van der Waals surface area contributed by atoms with Crippen molar-refractivity contribution in [1.82, 2.24) is 14.5 Å². The summed E-state index contributed by atoms with van der Waals surface area (Å²) in [5.41, 5.74) is 1.27. The number of anilines is 2. The van der Waals surface area contributed by atoms with Crippen molar-refractivity contribution in [3.63, 3.8) is 0 Å². The second-order valence-electron chi connectivity index (χ2n) is 6.09. The number of pyridine rings is 1. The van der Waals surface area contributed by atoms with E-state index < -0.39 is 0 Å². The highest BCUT2D eigenvalue weighted by Crippen LogP contribution is 2.24. The predicted molar refractivity (Wildman–Crippen MR) is 94.0 cm³/mol. The largest absolute Gasteiger partial charge is 0.355 e. The lowest BCUT2D eigenvalue weighted by atomic mass is 10.3. The van der Waals surface area contributed by atoms with Gasteiger partial charge in [-0.3, -0.25) is 0 Å². The van der Waals surface area contributed by atoms with E-state index in [1.54, 1.807) is 6.07 Å². The van der Waals surface area contributed by atoms with Gasteiger partial charge in [0.25, 0.3) is 0 Å². The normalized spacial score (nSPS) is 15.8. The Bertz CT molecular complexity index is 845. The Morgan fingerprint density at radius 3 is 2.58 bits per heavy atom. The van der Waals surface area contributed by atoms with Gasteiger partial charge in [-0.25, -0.2) is 14.4 Å². The van der Waals surface area contributed by atoms with Crippen LogP contribution in [0.3, 0.4) is 0 Å². The van der Waals surface area contributed by atoms with Gasteiger partial charge in [0.2, 0.25) is 5.95 Å². The summed E-state index contributed by atoms with van der Waals surface area (Å²) in [6, 6.07) is 11.1. The molecule has 0 spiro atoms. The quantitative estimate of drug-likeness (QED) is 0.726. The minimum atomic E-state index is -0.265. The third-order valence-corrected chi connectivity index (χ3v) is 4.59. The molecule has 4 rings (SSSR count). The van der Waals surface area contributed by atoms with E-state index in [0.29, 0.717) is 5.52 Å². The van der Waals surface area contributed by atoms with Crippen molar-refractivity contribution in [3.05, 3.63) is 48.4 Å². The molecule has 0 atom stereocenters. The maximum atomic E-state index is 14.0. The molecule has 6 heteroatoms. The summed E-state index contributed by atoms with van der Waals surface area (Å²) in [6.07, 6.45) is 2.84. The van der Waals surface area contributed by atoms with Gasteiger partial charge in [0.05, 0.1) is 5.52 Å². The SMILES string of the molecule is Cn1c(N2CCCN(c3ccccn3)CC2)nc2c(F)cccc21. The second-order valence-corrected chi connectivity index (χ2v) is 6.09. The van der Waals surface area contributed by atoms with E-state index in [0.717, 1.165) is 49.9 Å².